The van der Waals surface area contributed by atoms with E-state index in [0.717, 1.165) is 72.6 Å². The number of hydrogen-bond acceptors (Lipinski definition) is 7. The van der Waals surface area contributed by atoms with Gasteiger partial charge in [0.2, 0.25) is 5.91 Å². The second-order valence-electron chi connectivity index (χ2n) is 10.3. The summed E-state index contributed by atoms with van der Waals surface area (Å²) in [4.78, 5) is 24.4. The zero-order valence-corrected chi connectivity index (χ0v) is 22.2. The second kappa shape index (κ2) is 11.9. The number of aryl methyl sites for hydroxylation is 1. The van der Waals surface area contributed by atoms with E-state index in [0.29, 0.717) is 50.2 Å². The Morgan fingerprint density at radius 3 is 2.82 bits per heavy atom. The lowest BCUT2D eigenvalue weighted by Crippen LogP contribution is -2.40. The molecule has 2 aliphatic rings. The van der Waals surface area contributed by atoms with Crippen molar-refractivity contribution in [3.8, 4) is 11.3 Å². The van der Waals surface area contributed by atoms with Gasteiger partial charge in [0.1, 0.15) is 0 Å². The van der Waals surface area contributed by atoms with Crippen LogP contribution in [0.2, 0.25) is 0 Å². The molecule has 0 spiro atoms. The summed E-state index contributed by atoms with van der Waals surface area (Å²) in [7, 11) is 0. The lowest BCUT2D eigenvalue weighted by molar-refractivity contribution is -0.126. The molecule has 1 atom stereocenters. The molecule has 8 heteroatoms. The van der Waals surface area contributed by atoms with Crippen LogP contribution in [0.15, 0.2) is 58.1 Å². The number of carbonyl (C=O) groups excluding carboxylic acids is 1. The Labute approximate surface area is 223 Å². The van der Waals surface area contributed by atoms with Crippen LogP contribution in [0.1, 0.15) is 75.4 Å². The Morgan fingerprint density at radius 1 is 1.18 bits per heavy atom. The number of ether oxygens (including phenoxy) is 1. The van der Waals surface area contributed by atoms with E-state index in [2.05, 4.69) is 35.2 Å². The van der Waals surface area contributed by atoms with Crippen LogP contribution in [0.3, 0.4) is 0 Å². The normalized spacial score (nSPS) is 17.3. The van der Waals surface area contributed by atoms with Gasteiger partial charge < -0.3 is 18.6 Å². The molecule has 8 nitrogen and oxygen atoms in total. The fraction of sp³-hybridized carbons (Fsp3) is 0.467. The van der Waals surface area contributed by atoms with Gasteiger partial charge in [0.05, 0.1) is 18.7 Å². The minimum absolute atomic E-state index is 0.0528. The Hall–Kier alpha value is -3.52. The molecule has 1 amide bonds. The summed E-state index contributed by atoms with van der Waals surface area (Å²) in [5, 5.41) is 4.09. The van der Waals surface area contributed by atoms with Gasteiger partial charge in [0, 0.05) is 42.3 Å². The minimum atomic E-state index is -0.171. The van der Waals surface area contributed by atoms with Crippen molar-refractivity contribution in [2.45, 2.75) is 64.2 Å². The fourth-order valence-corrected chi connectivity index (χ4v) is 4.68. The van der Waals surface area contributed by atoms with Crippen LogP contribution in [0, 0.1) is 5.92 Å². The van der Waals surface area contributed by atoms with Crippen molar-refractivity contribution >= 4 is 17.2 Å². The van der Waals surface area contributed by atoms with Gasteiger partial charge in [-0.1, -0.05) is 42.9 Å². The Kier molecular flexibility index (Phi) is 8.17. The van der Waals surface area contributed by atoms with Crippen molar-refractivity contribution < 1.29 is 18.5 Å². The van der Waals surface area contributed by atoms with Crippen LogP contribution in [-0.4, -0.2) is 40.8 Å². The lowest BCUT2D eigenvalue weighted by atomic mass is 9.99. The number of anilines is 1. The third-order valence-corrected chi connectivity index (χ3v) is 7.08. The van der Waals surface area contributed by atoms with E-state index >= 15 is 0 Å². The number of hydrogen-bond donors (Lipinski definition) is 0. The lowest BCUT2D eigenvalue weighted by Gasteiger charge is -2.30. The van der Waals surface area contributed by atoms with E-state index in [9.17, 15) is 4.79 Å². The van der Waals surface area contributed by atoms with Crippen LogP contribution >= 0.6 is 0 Å². The largest absolute Gasteiger partial charge is 0.441 e. The monoisotopic (exact) mass is 516 g/mol. The molecule has 3 aromatic rings. The standard InChI is InChI=1S/C30H36N4O4/c1-4-7-27-31-17-26(37-27)23-8-5-10-25(16-23)34(30(35)24-9-6-15-36-19-24)18-20(2)11-12-21(3)29-32-28(33-38-29)22-13-14-22/h5,8,10,16-17,22,24H,2-4,6-7,9,11-15,18-19H2,1H3. The SMILES string of the molecule is C=C(CCC(=C)c1nc(C2CC2)no1)CN(C(=O)C1CCCOC1)c1cccc(-c2cnc(CCC)o2)c1. The zero-order valence-electron chi connectivity index (χ0n) is 22.2. The van der Waals surface area contributed by atoms with E-state index in [4.69, 9.17) is 13.7 Å². The maximum Gasteiger partial charge on any atom is 0.253 e. The number of nitrogens with zero attached hydrogens (tertiary/aromatic N) is 4. The number of rotatable bonds is 12. The molecule has 1 aliphatic heterocycles. The van der Waals surface area contributed by atoms with Crippen molar-refractivity contribution in [3.63, 3.8) is 0 Å². The predicted molar refractivity (Wildman–Crippen MR) is 146 cm³/mol. The van der Waals surface area contributed by atoms with Crippen LogP contribution in [0.4, 0.5) is 5.69 Å². The smallest absolute Gasteiger partial charge is 0.253 e. The molecular weight excluding hydrogens is 480 g/mol. The summed E-state index contributed by atoms with van der Waals surface area (Å²) in [6.45, 7) is 12.1. The van der Waals surface area contributed by atoms with Gasteiger partial charge in [-0.2, -0.15) is 4.98 Å². The van der Waals surface area contributed by atoms with Crippen LogP contribution in [-0.2, 0) is 16.0 Å². The topological polar surface area (TPSA) is 94.5 Å². The number of carbonyl (C=O) groups is 1. The molecule has 38 heavy (non-hydrogen) atoms. The summed E-state index contributed by atoms with van der Waals surface area (Å²) in [6.07, 6.45) is 8.76. The molecule has 1 saturated heterocycles. The molecule has 2 fully saturated rings. The summed E-state index contributed by atoms with van der Waals surface area (Å²) in [6, 6.07) is 7.87. The van der Waals surface area contributed by atoms with Crippen molar-refractivity contribution in [2.24, 2.45) is 5.92 Å². The van der Waals surface area contributed by atoms with Gasteiger partial charge in [-0.05, 0) is 57.1 Å². The van der Waals surface area contributed by atoms with E-state index in [1.807, 2.05) is 29.2 Å². The third kappa shape index (κ3) is 6.30. The number of amides is 1. The summed E-state index contributed by atoms with van der Waals surface area (Å²) < 4.78 is 17.0. The second-order valence-corrected chi connectivity index (χ2v) is 10.3. The van der Waals surface area contributed by atoms with Crippen LogP contribution < -0.4 is 4.90 Å². The molecule has 0 N–H and O–H groups in total. The van der Waals surface area contributed by atoms with Crippen LogP contribution in [0.25, 0.3) is 16.9 Å². The highest BCUT2D eigenvalue weighted by Gasteiger charge is 2.30. The first-order valence-electron chi connectivity index (χ1n) is 13.6. The van der Waals surface area contributed by atoms with E-state index < -0.39 is 0 Å². The van der Waals surface area contributed by atoms with E-state index in [-0.39, 0.29) is 11.8 Å². The molecule has 1 aliphatic carbocycles. The molecule has 5 rings (SSSR count). The van der Waals surface area contributed by atoms with Crippen molar-refractivity contribution in [1.29, 1.82) is 0 Å². The van der Waals surface area contributed by atoms with Gasteiger partial charge in [-0.15, -0.1) is 0 Å². The summed E-state index contributed by atoms with van der Waals surface area (Å²) in [5.41, 5.74) is 3.40. The van der Waals surface area contributed by atoms with Crippen molar-refractivity contribution in [3.05, 3.63) is 66.8 Å². The Balaban J connectivity index is 1.30. The number of oxazole rings is 1. The molecule has 1 unspecified atom stereocenters. The molecular formula is C30H36N4O4. The predicted octanol–water partition coefficient (Wildman–Crippen LogP) is 6.36. The van der Waals surface area contributed by atoms with E-state index in [1.165, 1.54) is 0 Å². The molecule has 3 heterocycles. The summed E-state index contributed by atoms with van der Waals surface area (Å²) >= 11 is 0. The Morgan fingerprint density at radius 2 is 2.05 bits per heavy atom. The fourth-order valence-electron chi connectivity index (χ4n) is 4.68. The molecule has 1 saturated carbocycles. The number of aromatic nitrogens is 3. The average Bonchev–Trinajstić information content (AvgIpc) is 3.48. The third-order valence-electron chi connectivity index (χ3n) is 7.08. The van der Waals surface area contributed by atoms with Gasteiger partial charge in [-0.3, -0.25) is 4.79 Å². The highest BCUT2D eigenvalue weighted by molar-refractivity contribution is 5.96. The van der Waals surface area contributed by atoms with E-state index in [1.54, 1.807) is 6.20 Å². The average molecular weight is 517 g/mol. The van der Waals surface area contributed by atoms with Crippen molar-refractivity contribution in [2.75, 3.05) is 24.7 Å². The molecule has 0 bridgehead atoms. The van der Waals surface area contributed by atoms with Gasteiger partial charge in [0.25, 0.3) is 5.89 Å². The first kappa shape index (κ1) is 26.1. The van der Waals surface area contributed by atoms with Gasteiger partial charge >= 0.3 is 0 Å². The quantitative estimate of drug-likeness (QED) is 0.258. The van der Waals surface area contributed by atoms with Gasteiger partial charge in [-0.25, -0.2) is 4.98 Å². The first-order chi connectivity index (χ1) is 18.5. The highest BCUT2D eigenvalue weighted by Crippen LogP contribution is 2.38. The van der Waals surface area contributed by atoms with Gasteiger partial charge in [0.15, 0.2) is 17.5 Å². The van der Waals surface area contributed by atoms with Crippen LogP contribution in [0.5, 0.6) is 0 Å². The Bertz CT molecular complexity index is 1280. The zero-order chi connectivity index (χ0) is 26.5. The number of allylic oxidation sites excluding steroid dienone is 1. The maximum atomic E-state index is 13.7. The molecule has 200 valence electrons. The maximum absolute atomic E-state index is 13.7. The minimum Gasteiger partial charge on any atom is -0.441 e. The van der Waals surface area contributed by atoms with Crippen molar-refractivity contribution in [1.82, 2.24) is 15.1 Å². The molecule has 2 aromatic heterocycles. The molecule has 0 radical (unpaired) electrons. The molecule has 1 aromatic carbocycles. The number of benzene rings is 1. The highest BCUT2D eigenvalue weighted by atomic mass is 16.5. The first-order valence-corrected chi connectivity index (χ1v) is 13.6. The summed E-state index contributed by atoms with van der Waals surface area (Å²) in [5.74, 6) is 3.01.